The van der Waals surface area contributed by atoms with Gasteiger partial charge >= 0.3 is 0 Å². The smallest absolute Gasteiger partial charge is 0.0648 e. The van der Waals surface area contributed by atoms with Crippen molar-refractivity contribution in [2.24, 2.45) is 0 Å². The quantitative estimate of drug-likeness (QED) is 0.597. The molecule has 0 amide bonds. The third kappa shape index (κ3) is 7.56. The third-order valence-electron chi connectivity index (χ3n) is 1.49. The Morgan fingerprint density at radius 2 is 2.09 bits per heavy atom. The molecule has 66 valence electrons. The fraction of sp³-hybridized carbons (Fsp3) is 0.778. The molecule has 0 saturated heterocycles. The van der Waals surface area contributed by atoms with Gasteiger partial charge < -0.3 is 9.84 Å². The molecule has 0 aromatic rings. The number of hydrogen-bond donors (Lipinski definition) is 1. The van der Waals surface area contributed by atoms with Crippen LogP contribution in [-0.4, -0.2) is 23.9 Å². The second kappa shape index (κ2) is 6.38. The Morgan fingerprint density at radius 1 is 1.45 bits per heavy atom. The van der Waals surface area contributed by atoms with E-state index in [1.54, 1.807) is 13.0 Å². The highest BCUT2D eigenvalue weighted by Crippen LogP contribution is 2.03. The van der Waals surface area contributed by atoms with Crippen LogP contribution in [0, 0.1) is 0 Å². The summed E-state index contributed by atoms with van der Waals surface area (Å²) in [4.78, 5) is 0. The van der Waals surface area contributed by atoms with E-state index in [2.05, 4.69) is 6.58 Å². The average molecular weight is 158 g/mol. The van der Waals surface area contributed by atoms with E-state index in [4.69, 9.17) is 9.84 Å². The van der Waals surface area contributed by atoms with Crippen molar-refractivity contribution >= 4 is 0 Å². The number of aliphatic hydroxyl groups is 1. The average Bonchev–Trinajstić information content (AvgIpc) is 1.97. The molecule has 0 aliphatic heterocycles. The minimum absolute atomic E-state index is 0.218. The number of ether oxygens (including phenoxy) is 1. The van der Waals surface area contributed by atoms with Gasteiger partial charge in [0.05, 0.1) is 18.8 Å². The van der Waals surface area contributed by atoms with Crippen LogP contribution >= 0.6 is 0 Å². The highest BCUT2D eigenvalue weighted by Gasteiger charge is 2.02. The number of rotatable bonds is 6. The lowest BCUT2D eigenvalue weighted by Crippen LogP contribution is -2.11. The topological polar surface area (TPSA) is 29.5 Å². The molecule has 0 saturated carbocycles. The van der Waals surface area contributed by atoms with Crippen LogP contribution in [0.3, 0.4) is 0 Å². The zero-order valence-corrected chi connectivity index (χ0v) is 7.42. The van der Waals surface area contributed by atoms with Gasteiger partial charge in [0, 0.05) is 0 Å². The van der Waals surface area contributed by atoms with Crippen LogP contribution in [-0.2, 0) is 4.74 Å². The first-order valence-electron chi connectivity index (χ1n) is 4.07. The molecule has 0 aliphatic rings. The maximum atomic E-state index is 8.95. The van der Waals surface area contributed by atoms with Crippen molar-refractivity contribution in [1.82, 2.24) is 0 Å². The van der Waals surface area contributed by atoms with Crippen molar-refractivity contribution in [3.8, 4) is 0 Å². The van der Waals surface area contributed by atoms with Crippen molar-refractivity contribution in [2.75, 3.05) is 6.61 Å². The fourth-order valence-electron chi connectivity index (χ4n) is 0.792. The molecule has 11 heavy (non-hydrogen) atoms. The zero-order valence-electron chi connectivity index (χ0n) is 7.42. The highest BCUT2D eigenvalue weighted by atomic mass is 16.5. The van der Waals surface area contributed by atoms with Crippen LogP contribution in [0.15, 0.2) is 12.7 Å². The molecule has 0 heterocycles. The molecule has 1 N–H and O–H groups in total. The fourth-order valence-corrected chi connectivity index (χ4v) is 0.792. The largest absolute Gasteiger partial charge is 0.393 e. The molecule has 2 atom stereocenters. The van der Waals surface area contributed by atoms with Crippen LogP contribution in [0.2, 0.25) is 0 Å². The van der Waals surface area contributed by atoms with Gasteiger partial charge in [0.25, 0.3) is 0 Å². The summed E-state index contributed by atoms with van der Waals surface area (Å²) in [6.07, 6.45) is 3.45. The Balaban J connectivity index is 3.21. The van der Waals surface area contributed by atoms with Crippen LogP contribution in [0.25, 0.3) is 0 Å². The molecular formula is C9H18O2. The molecule has 0 rings (SSSR count). The summed E-state index contributed by atoms with van der Waals surface area (Å²) >= 11 is 0. The second-order valence-electron chi connectivity index (χ2n) is 2.86. The Morgan fingerprint density at radius 3 is 2.55 bits per heavy atom. The normalized spacial score (nSPS) is 15.9. The van der Waals surface area contributed by atoms with Gasteiger partial charge in [-0.3, -0.25) is 0 Å². The van der Waals surface area contributed by atoms with Crippen molar-refractivity contribution in [3.63, 3.8) is 0 Å². The molecule has 0 aromatic carbocycles. The highest BCUT2D eigenvalue weighted by molar-refractivity contribution is 4.65. The summed E-state index contributed by atoms with van der Waals surface area (Å²) in [5.74, 6) is 0. The Labute approximate surface area is 68.9 Å². The summed E-state index contributed by atoms with van der Waals surface area (Å²) < 4.78 is 5.31. The van der Waals surface area contributed by atoms with E-state index in [1.165, 1.54) is 0 Å². The number of aliphatic hydroxyl groups excluding tert-OH is 1. The standard InChI is InChI=1S/C9H18O2/c1-4-7-11-9(3)6-5-8(2)10/h4,8-10H,1,5-7H2,2-3H3. The summed E-state index contributed by atoms with van der Waals surface area (Å²) in [6, 6.07) is 0. The lowest BCUT2D eigenvalue weighted by atomic mass is 10.1. The minimum Gasteiger partial charge on any atom is -0.393 e. The van der Waals surface area contributed by atoms with Crippen LogP contribution in [0.1, 0.15) is 26.7 Å². The van der Waals surface area contributed by atoms with Crippen LogP contribution in [0.4, 0.5) is 0 Å². The van der Waals surface area contributed by atoms with E-state index in [0.29, 0.717) is 6.61 Å². The second-order valence-corrected chi connectivity index (χ2v) is 2.86. The molecule has 2 heteroatoms. The monoisotopic (exact) mass is 158 g/mol. The first kappa shape index (κ1) is 10.7. The van der Waals surface area contributed by atoms with E-state index in [0.717, 1.165) is 12.8 Å². The van der Waals surface area contributed by atoms with Crippen LogP contribution < -0.4 is 0 Å². The summed E-state index contributed by atoms with van der Waals surface area (Å²) in [7, 11) is 0. The van der Waals surface area contributed by atoms with Crippen molar-refractivity contribution in [3.05, 3.63) is 12.7 Å². The first-order chi connectivity index (χ1) is 5.16. The van der Waals surface area contributed by atoms with E-state index in [-0.39, 0.29) is 12.2 Å². The van der Waals surface area contributed by atoms with Crippen molar-refractivity contribution < 1.29 is 9.84 Å². The maximum absolute atomic E-state index is 8.95. The molecule has 2 unspecified atom stereocenters. The van der Waals surface area contributed by atoms with Crippen molar-refractivity contribution in [1.29, 1.82) is 0 Å². The predicted octanol–water partition coefficient (Wildman–Crippen LogP) is 1.74. The Bertz CT molecular complexity index is 99.7. The third-order valence-corrected chi connectivity index (χ3v) is 1.49. The van der Waals surface area contributed by atoms with Crippen LogP contribution in [0.5, 0.6) is 0 Å². The molecule has 0 spiro atoms. The van der Waals surface area contributed by atoms with Gasteiger partial charge in [0.2, 0.25) is 0 Å². The Hall–Kier alpha value is -0.340. The van der Waals surface area contributed by atoms with E-state index >= 15 is 0 Å². The molecular weight excluding hydrogens is 140 g/mol. The van der Waals surface area contributed by atoms with Gasteiger partial charge in [0.1, 0.15) is 0 Å². The van der Waals surface area contributed by atoms with Gasteiger partial charge in [-0.15, -0.1) is 6.58 Å². The zero-order chi connectivity index (χ0) is 8.69. The van der Waals surface area contributed by atoms with Gasteiger partial charge in [0.15, 0.2) is 0 Å². The molecule has 0 fully saturated rings. The molecule has 0 bridgehead atoms. The lowest BCUT2D eigenvalue weighted by Gasteiger charge is -2.11. The van der Waals surface area contributed by atoms with Gasteiger partial charge in [-0.2, -0.15) is 0 Å². The minimum atomic E-state index is -0.218. The van der Waals surface area contributed by atoms with Crippen molar-refractivity contribution in [2.45, 2.75) is 38.9 Å². The van der Waals surface area contributed by atoms with E-state index in [9.17, 15) is 0 Å². The predicted molar refractivity (Wildman–Crippen MR) is 46.5 cm³/mol. The molecule has 0 radical (unpaired) electrons. The summed E-state index contributed by atoms with van der Waals surface area (Å²) in [5.41, 5.74) is 0. The Kier molecular flexibility index (Phi) is 6.18. The maximum Gasteiger partial charge on any atom is 0.0648 e. The molecule has 2 nitrogen and oxygen atoms in total. The van der Waals surface area contributed by atoms with Gasteiger partial charge in [-0.1, -0.05) is 6.08 Å². The van der Waals surface area contributed by atoms with E-state index < -0.39 is 0 Å². The molecule has 0 aliphatic carbocycles. The molecule has 0 aromatic heterocycles. The van der Waals surface area contributed by atoms with Gasteiger partial charge in [-0.25, -0.2) is 0 Å². The van der Waals surface area contributed by atoms with E-state index in [1.807, 2.05) is 6.92 Å². The van der Waals surface area contributed by atoms with Gasteiger partial charge in [-0.05, 0) is 26.7 Å². The SMILES string of the molecule is C=CCOC(C)CCC(C)O. The summed E-state index contributed by atoms with van der Waals surface area (Å²) in [6.45, 7) is 7.95. The number of hydrogen-bond acceptors (Lipinski definition) is 2. The summed E-state index contributed by atoms with van der Waals surface area (Å²) in [5, 5.41) is 8.95. The lowest BCUT2D eigenvalue weighted by molar-refractivity contribution is 0.0668. The first-order valence-corrected chi connectivity index (χ1v) is 4.07.